The first-order valence-corrected chi connectivity index (χ1v) is 0.781. The van der Waals surface area contributed by atoms with Gasteiger partial charge in [-0.25, -0.2) is 0 Å². The molecule has 1 radical (unpaired) electrons. The van der Waals surface area contributed by atoms with Gasteiger partial charge in [0.15, 0.2) is 5.97 Å². The van der Waals surface area contributed by atoms with Crippen molar-refractivity contribution in [3.05, 3.63) is 21.8 Å². The Kier molecular flexibility index (Phi) is 107. The van der Waals surface area contributed by atoms with Gasteiger partial charge in [0.1, 0.15) is 0 Å². The Labute approximate surface area is 90.6 Å². The van der Waals surface area contributed by atoms with Crippen LogP contribution in [0.1, 0.15) is 0 Å². The summed E-state index contributed by atoms with van der Waals surface area (Å²) >= 11 is 0. The fraction of sp³-hybridized carbons (Fsp3) is 0. The molecule has 2 nitrogen and oxygen atoms in total. The maximum absolute atomic E-state index is 8.89. The van der Waals surface area contributed by atoms with Gasteiger partial charge < -0.3 is 20.0 Å². The van der Waals surface area contributed by atoms with E-state index in [-0.39, 0.29) is 68.6 Å². The molecule has 4 heteroatoms. The molecule has 0 aliphatic heterocycles. The molecule has 0 aromatic carbocycles. The van der Waals surface area contributed by atoms with Crippen molar-refractivity contribution in [1.82, 2.24) is 0 Å². The van der Waals surface area contributed by atoms with Gasteiger partial charge in [-0.1, -0.05) is 0 Å². The molecule has 0 aliphatic rings. The number of carbonyl (C=O) groups is 1. The van der Waals surface area contributed by atoms with E-state index in [2.05, 4.69) is 6.92 Å². The topological polar surface area (TPSA) is 37.3 Å². The smallest absolute Gasteiger partial charge is 0.503 e. The summed E-state index contributed by atoms with van der Waals surface area (Å²) in [6.45, 7) is 2.56. The molecule has 0 saturated carbocycles. The zero-order chi connectivity index (χ0) is 3.58. The van der Waals surface area contributed by atoms with Crippen molar-refractivity contribution in [2.75, 3.05) is 0 Å². The molecular weight excluding hydrogens is 353 g/mol. The molecular formula is C4H9O2WY-. The third-order valence-corrected chi connectivity index (χ3v) is 0. The molecule has 47 valence electrons. The van der Waals surface area contributed by atoms with Gasteiger partial charge in [-0.2, -0.15) is 0 Å². The molecule has 0 fully saturated rings. The van der Waals surface area contributed by atoms with Gasteiger partial charge in [-0.15, -0.1) is 0 Å². The molecule has 0 unspecified atom stereocenters. The Hall–Kier alpha value is 1.13. The fourth-order valence-electron chi connectivity index (χ4n) is 0. The summed E-state index contributed by atoms with van der Waals surface area (Å²) in [5.74, 6) is -1.08. The summed E-state index contributed by atoms with van der Waals surface area (Å²) in [4.78, 5) is 8.89. The van der Waals surface area contributed by atoms with Gasteiger partial charge in [0, 0.05) is 32.7 Å². The normalized spacial score (nSPS) is 3.00. The van der Waals surface area contributed by atoms with Crippen LogP contribution in [0.2, 0.25) is 0 Å². The van der Waals surface area contributed by atoms with Crippen molar-refractivity contribution in [2.45, 2.75) is 0 Å². The summed E-state index contributed by atoms with van der Waals surface area (Å²) in [7, 11) is 0. The maximum Gasteiger partial charge on any atom is 2.00 e. The summed E-state index contributed by atoms with van der Waals surface area (Å²) in [6, 6.07) is 0. The monoisotopic (exact) mass is 362 g/mol. The van der Waals surface area contributed by atoms with Crippen molar-refractivity contribution in [2.24, 2.45) is 0 Å². The third kappa shape index (κ3) is 209. The van der Waals surface area contributed by atoms with Crippen LogP contribution in [-0.2, 0) is 58.6 Å². The molecule has 0 aliphatic carbocycles. The molecule has 0 aromatic heterocycles. The van der Waals surface area contributed by atoms with E-state index in [1.54, 1.807) is 0 Å². The number of carboxylic acids is 1. The van der Waals surface area contributed by atoms with Crippen LogP contribution in [0, 0.1) is 21.8 Å². The SMILES string of the molecule is [CH2-]C(=O)O.[CH3-].[CH3-].[W+2].[Y]. The summed E-state index contributed by atoms with van der Waals surface area (Å²) in [5, 5.41) is 7.31. The zero-order valence-corrected chi connectivity index (χ0v) is 10.8. The van der Waals surface area contributed by atoms with E-state index in [0.29, 0.717) is 0 Å². The predicted octanol–water partition coefficient (Wildman–Crippen LogP) is 0.801. The van der Waals surface area contributed by atoms with Crippen molar-refractivity contribution in [1.29, 1.82) is 0 Å². The van der Waals surface area contributed by atoms with E-state index >= 15 is 0 Å². The quantitative estimate of drug-likeness (QED) is 0.648. The molecule has 0 spiro atoms. The second kappa shape index (κ2) is 24.2. The minimum atomic E-state index is -1.08. The number of hydrogen-bond donors (Lipinski definition) is 1. The van der Waals surface area contributed by atoms with E-state index in [0.717, 1.165) is 0 Å². The second-order valence-electron chi connectivity index (χ2n) is 0.394. The van der Waals surface area contributed by atoms with Gasteiger partial charge in [-0.3, -0.25) is 11.7 Å². The number of hydrogen-bond acceptors (Lipinski definition) is 1. The van der Waals surface area contributed by atoms with Crippen LogP contribution in [0.5, 0.6) is 0 Å². The van der Waals surface area contributed by atoms with Crippen LogP contribution < -0.4 is 0 Å². The Morgan fingerprint density at radius 2 is 1.38 bits per heavy atom. The standard InChI is InChI=1S/C2H3O2.2CH3.W.Y/c1-2(3)4;;;;/h1H2,(H,3,4);2*1H3;;/q3*-1;+2;. The summed E-state index contributed by atoms with van der Waals surface area (Å²) in [6.07, 6.45) is 0. The molecule has 0 saturated heterocycles. The van der Waals surface area contributed by atoms with Crippen LogP contribution in [0.4, 0.5) is 0 Å². The van der Waals surface area contributed by atoms with Crippen LogP contribution in [0.25, 0.3) is 0 Å². The molecule has 0 bridgehead atoms. The van der Waals surface area contributed by atoms with E-state index in [1.165, 1.54) is 0 Å². The zero-order valence-electron chi connectivity index (χ0n) is 5.05. The Morgan fingerprint density at radius 1 is 1.38 bits per heavy atom. The van der Waals surface area contributed by atoms with Gasteiger partial charge in [-0.05, 0) is 0 Å². The van der Waals surface area contributed by atoms with E-state index in [4.69, 9.17) is 9.90 Å². The van der Waals surface area contributed by atoms with E-state index in [1.807, 2.05) is 0 Å². The van der Waals surface area contributed by atoms with E-state index in [9.17, 15) is 0 Å². The molecule has 8 heavy (non-hydrogen) atoms. The Morgan fingerprint density at radius 3 is 1.38 bits per heavy atom. The van der Waals surface area contributed by atoms with Crippen LogP contribution in [0.15, 0.2) is 0 Å². The van der Waals surface area contributed by atoms with Crippen molar-refractivity contribution in [3.63, 3.8) is 0 Å². The van der Waals surface area contributed by atoms with Gasteiger partial charge in [0.05, 0.1) is 0 Å². The number of aliphatic carboxylic acids is 1. The fourth-order valence-corrected chi connectivity index (χ4v) is 0. The molecule has 0 atom stereocenters. The first kappa shape index (κ1) is 35.4. The van der Waals surface area contributed by atoms with Crippen LogP contribution in [-0.4, -0.2) is 11.1 Å². The largest absolute Gasteiger partial charge is 2.00 e. The predicted molar refractivity (Wildman–Crippen MR) is 25.8 cm³/mol. The van der Waals surface area contributed by atoms with Crippen LogP contribution in [0.3, 0.4) is 0 Å². The average molecular weight is 362 g/mol. The minimum Gasteiger partial charge on any atom is -0.503 e. The van der Waals surface area contributed by atoms with Gasteiger partial charge in [0.25, 0.3) is 0 Å². The van der Waals surface area contributed by atoms with Crippen molar-refractivity contribution in [3.8, 4) is 0 Å². The molecule has 0 aromatic rings. The maximum atomic E-state index is 8.89. The number of carboxylic acid groups (broad SMARTS) is 1. The molecule has 0 heterocycles. The third-order valence-electron chi connectivity index (χ3n) is 0. The van der Waals surface area contributed by atoms with Gasteiger partial charge in [0.2, 0.25) is 0 Å². The van der Waals surface area contributed by atoms with Crippen molar-refractivity contribution < 1.29 is 63.7 Å². The summed E-state index contributed by atoms with van der Waals surface area (Å²) < 4.78 is 0. The molecule has 0 rings (SSSR count). The minimum absolute atomic E-state index is 0. The molecule has 0 amide bonds. The molecule has 1 N–H and O–H groups in total. The van der Waals surface area contributed by atoms with Crippen molar-refractivity contribution >= 4 is 5.97 Å². The average Bonchev–Trinajstić information content (AvgIpc) is 0.811. The first-order valence-electron chi connectivity index (χ1n) is 0.781. The van der Waals surface area contributed by atoms with Crippen LogP contribution >= 0.6 is 0 Å². The number of rotatable bonds is 0. The summed E-state index contributed by atoms with van der Waals surface area (Å²) in [5.41, 5.74) is 0. The Balaban J connectivity index is -0.00000000750. The second-order valence-corrected chi connectivity index (χ2v) is 0.394. The van der Waals surface area contributed by atoms with E-state index < -0.39 is 5.97 Å². The van der Waals surface area contributed by atoms with Gasteiger partial charge >= 0.3 is 21.1 Å². The first-order chi connectivity index (χ1) is 1.73. The Bertz CT molecular complexity index is 37.0.